The lowest BCUT2D eigenvalue weighted by atomic mass is 9.77. The molecule has 1 rings (SSSR count). The first-order valence-corrected chi connectivity index (χ1v) is 18.5. The molecule has 0 aromatic carbocycles. The second-order valence-electron chi connectivity index (χ2n) is 12.7. The molecule has 0 aromatic heterocycles. The van der Waals surface area contributed by atoms with Crippen LogP contribution in [0, 0.1) is 11.8 Å². The van der Waals surface area contributed by atoms with E-state index in [1.54, 1.807) is 6.92 Å². The lowest BCUT2D eigenvalue weighted by molar-refractivity contribution is -0.177. The van der Waals surface area contributed by atoms with Gasteiger partial charge in [-0.15, -0.1) is 6.58 Å². The molecule has 0 N–H and O–H groups in total. The van der Waals surface area contributed by atoms with Gasteiger partial charge in [0.1, 0.15) is 0 Å². The first-order valence-electron chi connectivity index (χ1n) is 12.7. The molecule has 6 nitrogen and oxygen atoms in total. The van der Waals surface area contributed by atoms with E-state index in [1.165, 1.54) is 0 Å². The smallest absolute Gasteiger partial charge is 0.308 e. The first kappa shape index (κ1) is 31.1. The van der Waals surface area contributed by atoms with E-state index in [-0.39, 0.29) is 52.4 Å². The third kappa shape index (κ3) is 6.62. The van der Waals surface area contributed by atoms with Crippen molar-refractivity contribution < 1.29 is 23.5 Å². The molecule has 1 aliphatic rings. The van der Waals surface area contributed by atoms with Crippen LogP contribution in [-0.4, -0.2) is 58.0 Å². The fraction of sp³-hybridized carbons (Fsp3) is 0.846. The SMILES string of the molecule is C=C[C@@H](CC(=O)OC(C)OCC)[C@H]1[C@@H]([C@@H](C)O[Si](C)(C)C(C)(C)C)C(=O)N1[Si](C)(C)C(C)(C)C. The van der Waals surface area contributed by atoms with Crippen LogP contribution in [0.3, 0.4) is 0 Å². The van der Waals surface area contributed by atoms with E-state index < -0.39 is 22.8 Å². The quantitative estimate of drug-likeness (QED) is 0.106. The molecule has 0 aromatic rings. The molecular formula is C26H51NO5Si2. The molecule has 1 heterocycles. The van der Waals surface area contributed by atoms with Crippen LogP contribution in [0.1, 0.15) is 68.7 Å². The number of rotatable bonds is 11. The van der Waals surface area contributed by atoms with Crippen LogP contribution in [0.15, 0.2) is 12.7 Å². The second-order valence-corrected chi connectivity index (χ2v) is 22.6. The van der Waals surface area contributed by atoms with Crippen molar-refractivity contribution in [1.82, 2.24) is 4.57 Å². The average molecular weight is 514 g/mol. The summed E-state index contributed by atoms with van der Waals surface area (Å²) >= 11 is 0. The van der Waals surface area contributed by atoms with Gasteiger partial charge < -0.3 is 18.5 Å². The summed E-state index contributed by atoms with van der Waals surface area (Å²) in [7, 11) is -4.27. The van der Waals surface area contributed by atoms with Crippen molar-refractivity contribution in [3.8, 4) is 0 Å². The van der Waals surface area contributed by atoms with Gasteiger partial charge in [0.2, 0.25) is 5.91 Å². The summed E-state index contributed by atoms with van der Waals surface area (Å²) in [5, 5.41) is 0.0187. The van der Waals surface area contributed by atoms with Gasteiger partial charge in [0.05, 0.1) is 18.4 Å². The molecule has 1 saturated heterocycles. The number of esters is 1. The molecule has 0 radical (unpaired) electrons. The molecule has 1 aliphatic heterocycles. The van der Waals surface area contributed by atoms with Crippen LogP contribution in [0.25, 0.3) is 0 Å². The van der Waals surface area contributed by atoms with Crippen molar-refractivity contribution in [1.29, 1.82) is 0 Å². The van der Waals surface area contributed by atoms with Crippen LogP contribution in [-0.2, 0) is 23.5 Å². The van der Waals surface area contributed by atoms with E-state index in [0.29, 0.717) is 6.61 Å². The van der Waals surface area contributed by atoms with E-state index in [9.17, 15) is 9.59 Å². The Kier molecular flexibility index (Phi) is 10.0. The summed E-state index contributed by atoms with van der Waals surface area (Å²) in [6, 6.07) is -0.138. The lowest BCUT2D eigenvalue weighted by Gasteiger charge is -2.61. The zero-order valence-electron chi connectivity index (χ0n) is 24.1. The van der Waals surface area contributed by atoms with Gasteiger partial charge in [0.15, 0.2) is 22.8 Å². The van der Waals surface area contributed by atoms with Gasteiger partial charge in [-0.25, -0.2) is 0 Å². The van der Waals surface area contributed by atoms with Crippen LogP contribution < -0.4 is 0 Å². The van der Waals surface area contributed by atoms with Crippen LogP contribution in [0.2, 0.25) is 36.3 Å². The molecule has 5 atom stereocenters. The third-order valence-electron chi connectivity index (χ3n) is 8.26. The zero-order chi connectivity index (χ0) is 26.9. The second kappa shape index (κ2) is 11.0. The number of hydrogen-bond acceptors (Lipinski definition) is 5. The average Bonchev–Trinajstić information content (AvgIpc) is 2.61. The molecule has 0 saturated carbocycles. The van der Waals surface area contributed by atoms with E-state index in [0.717, 1.165) is 0 Å². The van der Waals surface area contributed by atoms with Crippen molar-refractivity contribution >= 4 is 28.4 Å². The van der Waals surface area contributed by atoms with Crippen LogP contribution in [0.5, 0.6) is 0 Å². The predicted molar refractivity (Wildman–Crippen MR) is 145 cm³/mol. The highest BCUT2D eigenvalue weighted by atomic mass is 28.4. The Morgan fingerprint density at radius 2 is 1.62 bits per heavy atom. The number of carbonyl (C=O) groups is 2. The maximum Gasteiger partial charge on any atom is 0.308 e. The zero-order valence-corrected chi connectivity index (χ0v) is 26.1. The predicted octanol–water partition coefficient (Wildman–Crippen LogP) is 6.35. The van der Waals surface area contributed by atoms with Gasteiger partial charge in [0.25, 0.3) is 0 Å². The Bertz CT molecular complexity index is 738. The number of nitrogens with zero attached hydrogens (tertiary/aromatic N) is 1. The number of ether oxygens (including phenoxy) is 2. The van der Waals surface area contributed by atoms with Crippen molar-refractivity contribution in [2.24, 2.45) is 11.8 Å². The molecule has 0 spiro atoms. The summed E-state index contributed by atoms with van der Waals surface area (Å²) in [6.45, 7) is 32.3. The van der Waals surface area contributed by atoms with E-state index in [2.05, 4.69) is 78.9 Å². The van der Waals surface area contributed by atoms with E-state index >= 15 is 0 Å². The molecule has 8 heteroatoms. The van der Waals surface area contributed by atoms with Gasteiger partial charge in [-0.2, -0.15) is 0 Å². The summed E-state index contributed by atoms with van der Waals surface area (Å²) in [4.78, 5) is 26.5. The minimum atomic E-state index is -2.19. The topological polar surface area (TPSA) is 65.1 Å². The highest BCUT2D eigenvalue weighted by molar-refractivity contribution is 6.80. The molecule has 0 aliphatic carbocycles. The Balaban J connectivity index is 3.31. The molecule has 1 amide bonds. The maximum atomic E-state index is 13.7. The largest absolute Gasteiger partial charge is 0.436 e. The van der Waals surface area contributed by atoms with Gasteiger partial charge in [-0.1, -0.05) is 60.7 Å². The Morgan fingerprint density at radius 3 is 2.03 bits per heavy atom. The molecule has 1 fully saturated rings. The summed E-state index contributed by atoms with van der Waals surface area (Å²) < 4.78 is 19.6. The minimum Gasteiger partial charge on any atom is -0.436 e. The Morgan fingerprint density at radius 1 is 1.09 bits per heavy atom. The normalized spacial score (nSPS) is 22.6. The summed E-state index contributed by atoms with van der Waals surface area (Å²) in [5.41, 5.74) is 0. The van der Waals surface area contributed by atoms with Crippen LogP contribution >= 0.6 is 0 Å². The number of hydrogen-bond donors (Lipinski definition) is 0. The van der Waals surface area contributed by atoms with Crippen LogP contribution in [0.4, 0.5) is 0 Å². The number of carbonyl (C=O) groups excluding carboxylic acids is 2. The summed E-state index contributed by atoms with van der Waals surface area (Å²) in [6.07, 6.45) is 1.14. The van der Waals surface area contributed by atoms with Crippen molar-refractivity contribution in [2.45, 2.75) is 123 Å². The monoisotopic (exact) mass is 513 g/mol. The standard InChI is InChI=1S/C26H51NO5Si2/c1-15-20(17-21(28)31-19(4)30-16-2)23-22(18(3)32-34(13,14)26(8,9)10)24(29)27(23)33(11,12)25(5,6)7/h15,18-20,22-23H,1,16-17H2,2-14H3/t18-,19?,20+,22-,23+/m1/s1. The fourth-order valence-electron chi connectivity index (χ4n) is 4.23. The van der Waals surface area contributed by atoms with Gasteiger partial charge >= 0.3 is 5.97 Å². The minimum absolute atomic E-state index is 0.0227. The molecule has 34 heavy (non-hydrogen) atoms. The third-order valence-corrected chi connectivity index (χ3v) is 18.2. The number of amides is 1. The Hall–Kier alpha value is -0.966. The maximum absolute atomic E-state index is 13.7. The van der Waals surface area contributed by atoms with Crippen molar-refractivity contribution in [3.05, 3.63) is 12.7 Å². The highest BCUT2D eigenvalue weighted by Gasteiger charge is 2.61. The van der Waals surface area contributed by atoms with Gasteiger partial charge in [0, 0.05) is 18.6 Å². The number of β-lactam (4-membered cyclic amide) rings is 1. The lowest BCUT2D eigenvalue weighted by Crippen LogP contribution is -2.76. The molecule has 1 unspecified atom stereocenters. The fourth-order valence-corrected chi connectivity index (χ4v) is 8.18. The Labute approximate surface area is 211 Å². The van der Waals surface area contributed by atoms with E-state index in [4.69, 9.17) is 13.9 Å². The highest BCUT2D eigenvalue weighted by Crippen LogP contribution is 2.49. The van der Waals surface area contributed by atoms with Gasteiger partial charge in [-0.3, -0.25) is 9.59 Å². The van der Waals surface area contributed by atoms with Crippen molar-refractivity contribution in [3.63, 3.8) is 0 Å². The summed E-state index contributed by atoms with van der Waals surface area (Å²) in [5.74, 6) is -0.713. The first-order chi connectivity index (χ1) is 15.2. The molecular weight excluding hydrogens is 462 g/mol. The van der Waals surface area contributed by atoms with E-state index in [1.807, 2.05) is 19.9 Å². The molecule has 198 valence electrons. The van der Waals surface area contributed by atoms with Gasteiger partial charge in [-0.05, 0) is 43.9 Å². The van der Waals surface area contributed by atoms with Crippen molar-refractivity contribution in [2.75, 3.05) is 6.61 Å². The molecule has 0 bridgehead atoms.